The lowest BCUT2D eigenvalue weighted by Gasteiger charge is -2.16. The van der Waals surface area contributed by atoms with E-state index in [0.29, 0.717) is 16.9 Å². The highest BCUT2D eigenvalue weighted by Crippen LogP contribution is 2.43. The highest BCUT2D eigenvalue weighted by atomic mass is 79.9. The lowest BCUT2D eigenvalue weighted by Crippen LogP contribution is -2.07. The van der Waals surface area contributed by atoms with Crippen molar-refractivity contribution in [2.75, 3.05) is 0 Å². The van der Waals surface area contributed by atoms with E-state index in [1.807, 2.05) is 12.1 Å². The van der Waals surface area contributed by atoms with Crippen molar-refractivity contribution in [1.82, 2.24) is 5.16 Å². The van der Waals surface area contributed by atoms with Crippen molar-refractivity contribution in [3.05, 3.63) is 50.3 Å². The zero-order valence-corrected chi connectivity index (χ0v) is 15.0. The molecular weight excluding hydrogens is 370 g/mol. The Morgan fingerprint density at radius 2 is 2.10 bits per heavy atom. The highest BCUT2D eigenvalue weighted by molar-refractivity contribution is 9.10. The number of hydrogen-bond donors (Lipinski definition) is 0. The molecule has 0 spiro atoms. The minimum Gasteiger partial charge on any atom is -0.360 e. The molecule has 110 valence electrons. The van der Waals surface area contributed by atoms with Crippen LogP contribution in [0, 0.1) is 0 Å². The molecule has 5 heteroatoms. The Morgan fingerprint density at radius 3 is 2.71 bits per heavy atom. The van der Waals surface area contributed by atoms with Crippen LogP contribution in [0.25, 0.3) is 0 Å². The molecule has 0 N–H and O–H groups in total. The molecule has 2 aromatic rings. The zero-order valence-electron chi connectivity index (χ0n) is 11.8. The van der Waals surface area contributed by atoms with Gasteiger partial charge in [-0.2, -0.15) is 0 Å². The van der Waals surface area contributed by atoms with E-state index in [9.17, 15) is 0 Å². The van der Waals surface area contributed by atoms with Crippen LogP contribution in [0.1, 0.15) is 61.0 Å². The summed E-state index contributed by atoms with van der Waals surface area (Å²) in [5.41, 5.74) is 3.11. The lowest BCUT2D eigenvalue weighted by molar-refractivity contribution is 0.384. The van der Waals surface area contributed by atoms with E-state index in [-0.39, 0.29) is 0 Å². The Bertz CT molecular complexity index is 706. The Balaban J connectivity index is 2.09. The summed E-state index contributed by atoms with van der Waals surface area (Å²) in [6.45, 7) is 4.27. The van der Waals surface area contributed by atoms with Gasteiger partial charge in [-0.25, -0.2) is 0 Å². The second-order valence-electron chi connectivity index (χ2n) is 5.68. The zero-order chi connectivity index (χ0) is 15.1. The quantitative estimate of drug-likeness (QED) is 0.488. The van der Waals surface area contributed by atoms with Crippen LogP contribution in [0.5, 0.6) is 0 Å². The summed E-state index contributed by atoms with van der Waals surface area (Å²) in [4.78, 5) is 0.791. The first-order valence-corrected chi connectivity index (χ1v) is 8.55. The number of thiocarbonyl (C=S) groups is 1. The Hall–Kier alpha value is -0.710. The van der Waals surface area contributed by atoms with Crippen molar-refractivity contribution in [2.45, 2.75) is 38.5 Å². The molecule has 0 aliphatic heterocycles. The number of rotatable bonds is 4. The molecule has 3 rings (SSSR count). The average molecular weight is 385 g/mol. The normalized spacial score (nSPS) is 14.7. The average Bonchev–Trinajstić information content (AvgIpc) is 3.17. The van der Waals surface area contributed by atoms with E-state index in [0.717, 1.165) is 44.6 Å². The van der Waals surface area contributed by atoms with Crippen molar-refractivity contribution >= 4 is 44.6 Å². The van der Waals surface area contributed by atoms with Crippen LogP contribution >= 0.6 is 39.7 Å². The van der Waals surface area contributed by atoms with Crippen LogP contribution in [0.2, 0.25) is 5.02 Å². The lowest BCUT2D eigenvalue weighted by atomic mass is 9.92. The molecule has 0 amide bonds. The molecule has 0 atom stereocenters. The number of benzene rings is 1. The molecule has 0 bridgehead atoms. The maximum atomic E-state index is 6.23. The van der Waals surface area contributed by atoms with Crippen LogP contribution in [-0.2, 0) is 0 Å². The molecule has 1 heterocycles. The van der Waals surface area contributed by atoms with Gasteiger partial charge in [0, 0.05) is 10.4 Å². The molecular formula is C16H15BrClNOS. The van der Waals surface area contributed by atoms with Gasteiger partial charge in [-0.1, -0.05) is 48.9 Å². The third-order valence-corrected chi connectivity index (χ3v) is 5.58. The van der Waals surface area contributed by atoms with Crippen LogP contribution in [0.15, 0.2) is 27.3 Å². The van der Waals surface area contributed by atoms with Crippen molar-refractivity contribution in [2.24, 2.45) is 0 Å². The van der Waals surface area contributed by atoms with Crippen LogP contribution < -0.4 is 0 Å². The Morgan fingerprint density at radius 1 is 1.38 bits per heavy atom. The topological polar surface area (TPSA) is 26.0 Å². The number of aromatic nitrogens is 1. The fourth-order valence-electron chi connectivity index (χ4n) is 2.53. The van der Waals surface area contributed by atoms with Gasteiger partial charge in [0.1, 0.15) is 5.76 Å². The summed E-state index contributed by atoms with van der Waals surface area (Å²) in [6.07, 6.45) is 4.06. The SMILES string of the molecule is CC(C)c1c(C(=S)c2cnoc2C2CC2)ccc(Cl)c1Br. The van der Waals surface area contributed by atoms with Crippen LogP contribution in [0.4, 0.5) is 0 Å². The van der Waals surface area contributed by atoms with E-state index in [4.69, 9.17) is 28.3 Å². The summed E-state index contributed by atoms with van der Waals surface area (Å²) in [5.74, 6) is 1.73. The molecule has 0 radical (unpaired) electrons. The number of hydrogen-bond acceptors (Lipinski definition) is 3. The highest BCUT2D eigenvalue weighted by Gasteiger charge is 2.32. The van der Waals surface area contributed by atoms with Crippen molar-refractivity contribution < 1.29 is 4.52 Å². The molecule has 1 aliphatic carbocycles. The van der Waals surface area contributed by atoms with E-state index in [1.54, 1.807) is 6.20 Å². The summed E-state index contributed by atoms with van der Waals surface area (Å²) in [6, 6.07) is 3.87. The second kappa shape index (κ2) is 5.82. The van der Waals surface area contributed by atoms with Crippen molar-refractivity contribution in [3.63, 3.8) is 0 Å². The summed E-state index contributed by atoms with van der Waals surface area (Å²) in [7, 11) is 0. The molecule has 0 unspecified atom stereocenters. The fourth-order valence-corrected chi connectivity index (χ4v) is 3.83. The van der Waals surface area contributed by atoms with Gasteiger partial charge in [0.25, 0.3) is 0 Å². The second-order valence-corrected chi connectivity index (χ2v) is 7.29. The maximum Gasteiger partial charge on any atom is 0.148 e. The van der Waals surface area contributed by atoms with Crippen LogP contribution in [0.3, 0.4) is 0 Å². The number of halogens is 2. The maximum absolute atomic E-state index is 6.23. The van der Waals surface area contributed by atoms with Gasteiger partial charge in [0.2, 0.25) is 0 Å². The summed E-state index contributed by atoms with van der Waals surface area (Å²) < 4.78 is 6.33. The first-order chi connectivity index (χ1) is 10.0. The molecule has 1 aromatic heterocycles. The van der Waals surface area contributed by atoms with Gasteiger partial charge >= 0.3 is 0 Å². The molecule has 2 nitrogen and oxygen atoms in total. The molecule has 1 aromatic carbocycles. The van der Waals surface area contributed by atoms with Gasteiger partial charge in [-0.15, -0.1) is 0 Å². The molecule has 1 saturated carbocycles. The van der Waals surface area contributed by atoms with E-state index < -0.39 is 0 Å². The smallest absolute Gasteiger partial charge is 0.148 e. The fraction of sp³-hybridized carbons (Fsp3) is 0.375. The third kappa shape index (κ3) is 2.81. The van der Waals surface area contributed by atoms with E-state index >= 15 is 0 Å². The van der Waals surface area contributed by atoms with Crippen LogP contribution in [-0.4, -0.2) is 10.0 Å². The monoisotopic (exact) mass is 383 g/mol. The Labute approximate surface area is 143 Å². The first kappa shape index (κ1) is 15.2. The minimum atomic E-state index is 0.315. The van der Waals surface area contributed by atoms with E-state index in [2.05, 4.69) is 34.9 Å². The number of nitrogens with zero attached hydrogens (tertiary/aromatic N) is 1. The standard InChI is InChI=1S/C16H15BrClNOS/c1-8(2)13-10(5-6-12(18)14(13)17)16(21)11-7-19-20-15(11)9-3-4-9/h5-9H,3-4H2,1-2H3. The predicted molar refractivity (Wildman–Crippen MR) is 92.5 cm³/mol. The third-order valence-electron chi connectivity index (χ3n) is 3.75. The summed E-state index contributed by atoms with van der Waals surface area (Å²) in [5, 5.41) is 4.65. The van der Waals surface area contributed by atoms with Gasteiger partial charge in [-0.05, 0) is 51.9 Å². The van der Waals surface area contributed by atoms with Crippen molar-refractivity contribution in [3.8, 4) is 0 Å². The minimum absolute atomic E-state index is 0.315. The Kier molecular flexibility index (Phi) is 4.21. The predicted octanol–water partition coefficient (Wildman–Crippen LogP) is 5.86. The van der Waals surface area contributed by atoms with Gasteiger partial charge in [0.05, 0.1) is 21.6 Å². The van der Waals surface area contributed by atoms with Gasteiger partial charge in [-0.3, -0.25) is 0 Å². The molecule has 1 fully saturated rings. The van der Waals surface area contributed by atoms with Gasteiger partial charge < -0.3 is 4.52 Å². The summed E-state index contributed by atoms with van der Waals surface area (Å²) >= 11 is 15.5. The first-order valence-electron chi connectivity index (χ1n) is 6.97. The molecule has 1 aliphatic rings. The van der Waals surface area contributed by atoms with Crippen molar-refractivity contribution in [1.29, 1.82) is 0 Å². The van der Waals surface area contributed by atoms with Gasteiger partial charge in [0.15, 0.2) is 0 Å². The molecule has 21 heavy (non-hydrogen) atoms. The van der Waals surface area contributed by atoms with E-state index in [1.165, 1.54) is 0 Å². The molecule has 0 saturated heterocycles. The largest absolute Gasteiger partial charge is 0.360 e.